The molecule has 5 aromatic rings. The van der Waals surface area contributed by atoms with Crippen molar-refractivity contribution in [2.45, 2.75) is 24.0 Å². The van der Waals surface area contributed by atoms with Gasteiger partial charge in [0.1, 0.15) is 12.4 Å². The van der Waals surface area contributed by atoms with Gasteiger partial charge in [-0.25, -0.2) is 8.42 Å². The van der Waals surface area contributed by atoms with E-state index in [9.17, 15) is 8.42 Å². The number of hydrogen-bond donors (Lipinski definition) is 1. The van der Waals surface area contributed by atoms with E-state index in [1.807, 2.05) is 84.9 Å². The van der Waals surface area contributed by atoms with Crippen LogP contribution >= 0.6 is 11.3 Å². The monoisotopic (exact) mass is 557 g/mol. The molecule has 1 aliphatic heterocycles. The molecule has 1 aromatic heterocycles. The summed E-state index contributed by atoms with van der Waals surface area (Å²) in [6, 6.07) is 31.8. The first-order chi connectivity index (χ1) is 19.0. The lowest BCUT2D eigenvalue weighted by Crippen LogP contribution is -2.29. The zero-order chi connectivity index (χ0) is 26.7. The van der Waals surface area contributed by atoms with E-state index >= 15 is 0 Å². The van der Waals surface area contributed by atoms with Crippen LogP contribution in [0.1, 0.15) is 28.5 Å². The van der Waals surface area contributed by atoms with Gasteiger partial charge < -0.3 is 14.2 Å². The Bertz CT molecular complexity index is 1680. The molecule has 8 heteroatoms. The SMILES string of the molecule is O=S(=O)(NC(c1ccccc1)c1cc2cc(OCc3ccccc3)ccc2s1)c1ccc2c(c1)OCCCO2. The van der Waals surface area contributed by atoms with Crippen molar-refractivity contribution in [2.75, 3.05) is 13.2 Å². The van der Waals surface area contributed by atoms with Crippen molar-refractivity contribution in [1.29, 1.82) is 0 Å². The standard InChI is InChI=1S/C31H27NO5S2/c33-39(34,26-13-14-27-28(20-26)36-17-7-16-35-27)32-31(23-10-5-2-6-11-23)30-19-24-18-25(12-15-29(24)38-30)37-21-22-8-3-1-4-9-22/h1-6,8-15,18-20,31-32H,7,16-17,21H2. The molecule has 0 saturated carbocycles. The Morgan fingerprint density at radius 1 is 0.821 bits per heavy atom. The highest BCUT2D eigenvalue weighted by Gasteiger charge is 2.26. The molecule has 1 atom stereocenters. The molecule has 0 spiro atoms. The second kappa shape index (κ2) is 11.1. The highest BCUT2D eigenvalue weighted by Crippen LogP contribution is 2.37. The Morgan fingerprint density at radius 3 is 2.36 bits per heavy atom. The summed E-state index contributed by atoms with van der Waals surface area (Å²) >= 11 is 1.56. The largest absolute Gasteiger partial charge is 0.490 e. The van der Waals surface area contributed by atoms with Crippen LogP contribution in [-0.2, 0) is 16.6 Å². The average Bonchev–Trinajstić information content (AvgIpc) is 3.24. The highest BCUT2D eigenvalue weighted by molar-refractivity contribution is 7.89. The van der Waals surface area contributed by atoms with Crippen molar-refractivity contribution in [3.05, 3.63) is 119 Å². The molecule has 6 nitrogen and oxygen atoms in total. The fraction of sp³-hybridized carbons (Fsp3) is 0.161. The predicted octanol–water partition coefficient (Wildman–Crippen LogP) is 6.71. The van der Waals surface area contributed by atoms with E-state index in [1.54, 1.807) is 23.5 Å². The Balaban J connectivity index is 1.30. The summed E-state index contributed by atoms with van der Waals surface area (Å²) in [6.45, 7) is 1.50. The first-order valence-electron chi connectivity index (χ1n) is 12.7. The number of rotatable bonds is 8. The van der Waals surface area contributed by atoms with Gasteiger partial charge in [0, 0.05) is 22.1 Å². The quantitative estimate of drug-likeness (QED) is 0.230. The van der Waals surface area contributed by atoms with Crippen LogP contribution < -0.4 is 18.9 Å². The van der Waals surface area contributed by atoms with Crippen LogP contribution in [0.4, 0.5) is 0 Å². The summed E-state index contributed by atoms with van der Waals surface area (Å²) in [7, 11) is -3.89. The number of fused-ring (bicyclic) bond motifs is 2. The van der Waals surface area contributed by atoms with E-state index in [4.69, 9.17) is 14.2 Å². The lowest BCUT2D eigenvalue weighted by Gasteiger charge is -2.19. The third-order valence-electron chi connectivity index (χ3n) is 6.47. The summed E-state index contributed by atoms with van der Waals surface area (Å²) in [5.74, 6) is 1.76. The number of ether oxygens (including phenoxy) is 3. The van der Waals surface area contributed by atoms with Gasteiger partial charge in [0.15, 0.2) is 11.5 Å². The van der Waals surface area contributed by atoms with Gasteiger partial charge in [0.25, 0.3) is 0 Å². The summed E-state index contributed by atoms with van der Waals surface area (Å²) < 4.78 is 48.7. The summed E-state index contributed by atoms with van der Waals surface area (Å²) in [5, 5.41) is 0.997. The Morgan fingerprint density at radius 2 is 1.56 bits per heavy atom. The van der Waals surface area contributed by atoms with Crippen LogP contribution in [0.3, 0.4) is 0 Å². The Labute approximate surface area is 231 Å². The normalized spacial score (nSPS) is 14.1. The molecule has 4 aromatic carbocycles. The predicted molar refractivity (Wildman–Crippen MR) is 153 cm³/mol. The van der Waals surface area contributed by atoms with Gasteiger partial charge in [-0.05, 0) is 52.9 Å². The number of sulfonamides is 1. The molecule has 0 aliphatic carbocycles. The molecule has 0 saturated heterocycles. The number of hydrogen-bond acceptors (Lipinski definition) is 6. The summed E-state index contributed by atoms with van der Waals surface area (Å²) in [5.41, 5.74) is 1.94. The van der Waals surface area contributed by atoms with E-state index in [0.717, 1.165) is 38.3 Å². The van der Waals surface area contributed by atoms with Crippen LogP contribution in [0.15, 0.2) is 108 Å². The van der Waals surface area contributed by atoms with Crippen molar-refractivity contribution in [2.24, 2.45) is 0 Å². The maximum absolute atomic E-state index is 13.6. The first kappa shape index (κ1) is 25.4. The molecule has 198 valence electrons. The third kappa shape index (κ3) is 5.78. The minimum absolute atomic E-state index is 0.130. The molecule has 0 bridgehead atoms. The van der Waals surface area contributed by atoms with Crippen molar-refractivity contribution in [3.63, 3.8) is 0 Å². The highest BCUT2D eigenvalue weighted by atomic mass is 32.2. The van der Waals surface area contributed by atoms with Crippen LogP contribution in [-0.4, -0.2) is 21.6 Å². The number of thiophene rings is 1. The molecule has 0 fully saturated rings. The maximum atomic E-state index is 13.6. The fourth-order valence-corrected chi connectivity index (χ4v) is 6.90. The van der Waals surface area contributed by atoms with Crippen LogP contribution in [0.2, 0.25) is 0 Å². The molecule has 0 radical (unpaired) electrons. The molecular formula is C31H27NO5S2. The van der Waals surface area contributed by atoms with Crippen molar-refractivity contribution in [3.8, 4) is 17.2 Å². The van der Waals surface area contributed by atoms with E-state index < -0.39 is 16.1 Å². The van der Waals surface area contributed by atoms with Crippen LogP contribution in [0.5, 0.6) is 17.2 Å². The Kier molecular flexibility index (Phi) is 7.24. The lowest BCUT2D eigenvalue weighted by molar-refractivity contribution is 0.297. The van der Waals surface area contributed by atoms with Gasteiger partial charge >= 0.3 is 0 Å². The average molecular weight is 558 g/mol. The van der Waals surface area contributed by atoms with Crippen molar-refractivity contribution in [1.82, 2.24) is 4.72 Å². The van der Waals surface area contributed by atoms with E-state index in [0.29, 0.717) is 31.3 Å². The third-order valence-corrected chi connectivity index (χ3v) is 9.08. The van der Waals surface area contributed by atoms with Crippen molar-refractivity contribution < 1.29 is 22.6 Å². The van der Waals surface area contributed by atoms with Crippen LogP contribution in [0, 0.1) is 0 Å². The smallest absolute Gasteiger partial charge is 0.241 e. The number of benzene rings is 4. The minimum atomic E-state index is -3.89. The topological polar surface area (TPSA) is 73.9 Å². The Hall–Kier alpha value is -3.85. The van der Waals surface area contributed by atoms with E-state index in [2.05, 4.69) is 4.72 Å². The zero-order valence-electron chi connectivity index (χ0n) is 21.1. The first-order valence-corrected chi connectivity index (χ1v) is 15.0. The zero-order valence-corrected chi connectivity index (χ0v) is 22.7. The molecule has 1 unspecified atom stereocenters. The van der Waals surface area contributed by atoms with Gasteiger partial charge in [-0.3, -0.25) is 0 Å². The molecular weight excluding hydrogens is 530 g/mol. The molecule has 1 N–H and O–H groups in total. The van der Waals surface area contributed by atoms with E-state index in [1.165, 1.54) is 6.07 Å². The molecule has 2 heterocycles. The second-order valence-electron chi connectivity index (χ2n) is 9.25. The molecule has 1 aliphatic rings. The van der Waals surface area contributed by atoms with Gasteiger partial charge in [-0.15, -0.1) is 11.3 Å². The van der Waals surface area contributed by atoms with Gasteiger partial charge in [0.2, 0.25) is 10.0 Å². The maximum Gasteiger partial charge on any atom is 0.241 e. The second-order valence-corrected chi connectivity index (χ2v) is 12.1. The van der Waals surface area contributed by atoms with Gasteiger partial charge in [-0.1, -0.05) is 60.7 Å². The molecule has 39 heavy (non-hydrogen) atoms. The van der Waals surface area contributed by atoms with E-state index in [-0.39, 0.29) is 4.90 Å². The minimum Gasteiger partial charge on any atom is -0.490 e. The fourth-order valence-electron chi connectivity index (χ4n) is 4.48. The van der Waals surface area contributed by atoms with Gasteiger partial charge in [0.05, 0.1) is 24.2 Å². The summed E-state index contributed by atoms with van der Waals surface area (Å²) in [4.78, 5) is 1.01. The van der Waals surface area contributed by atoms with Gasteiger partial charge in [-0.2, -0.15) is 4.72 Å². The lowest BCUT2D eigenvalue weighted by atomic mass is 10.1. The van der Waals surface area contributed by atoms with Crippen molar-refractivity contribution >= 4 is 31.4 Å². The number of nitrogens with one attached hydrogen (secondary N) is 1. The van der Waals surface area contributed by atoms with Crippen LogP contribution in [0.25, 0.3) is 10.1 Å². The molecule has 0 amide bonds. The molecule has 6 rings (SSSR count). The summed E-state index contributed by atoms with van der Waals surface area (Å²) in [6.07, 6.45) is 0.746.